The van der Waals surface area contributed by atoms with E-state index in [1.807, 2.05) is 11.4 Å². The molecule has 0 saturated carbocycles. The van der Waals surface area contributed by atoms with Crippen LogP contribution in [0.5, 0.6) is 0 Å². The van der Waals surface area contributed by atoms with E-state index in [0.29, 0.717) is 6.54 Å². The Balaban J connectivity index is 2.13. The topological polar surface area (TPSA) is 50.9 Å². The SMILES string of the molecule is CCc1ccsc1CNc1nc(N)c(F)cc1F. The van der Waals surface area contributed by atoms with Gasteiger partial charge in [0.15, 0.2) is 23.3 Å². The summed E-state index contributed by atoms with van der Waals surface area (Å²) in [5.41, 5.74) is 6.52. The lowest BCUT2D eigenvalue weighted by atomic mass is 10.2. The molecule has 2 heterocycles. The lowest BCUT2D eigenvalue weighted by molar-refractivity contribution is 0.579. The number of halogens is 2. The third kappa shape index (κ3) is 2.59. The Morgan fingerprint density at radius 2 is 2.17 bits per heavy atom. The van der Waals surface area contributed by atoms with E-state index in [2.05, 4.69) is 17.2 Å². The highest BCUT2D eigenvalue weighted by Crippen LogP contribution is 2.21. The second kappa shape index (κ2) is 5.30. The van der Waals surface area contributed by atoms with Crippen LogP contribution in [-0.2, 0) is 13.0 Å². The van der Waals surface area contributed by atoms with E-state index in [0.717, 1.165) is 17.4 Å². The van der Waals surface area contributed by atoms with Crippen LogP contribution in [0.1, 0.15) is 17.4 Å². The Labute approximate surface area is 108 Å². The van der Waals surface area contributed by atoms with Crippen LogP contribution in [0.4, 0.5) is 20.4 Å². The van der Waals surface area contributed by atoms with Gasteiger partial charge in [-0.25, -0.2) is 13.8 Å². The van der Waals surface area contributed by atoms with Gasteiger partial charge in [-0.15, -0.1) is 11.3 Å². The molecule has 2 aromatic heterocycles. The van der Waals surface area contributed by atoms with E-state index < -0.39 is 11.6 Å². The summed E-state index contributed by atoms with van der Waals surface area (Å²) >= 11 is 1.59. The Morgan fingerprint density at radius 3 is 2.89 bits per heavy atom. The molecular weight excluding hydrogens is 256 g/mol. The van der Waals surface area contributed by atoms with Crippen molar-refractivity contribution < 1.29 is 8.78 Å². The Bertz CT molecular complexity index is 554. The summed E-state index contributed by atoms with van der Waals surface area (Å²) in [6.07, 6.45) is 0.919. The molecule has 2 aromatic rings. The van der Waals surface area contributed by atoms with Crippen molar-refractivity contribution in [1.29, 1.82) is 0 Å². The number of aromatic nitrogens is 1. The summed E-state index contributed by atoms with van der Waals surface area (Å²) in [4.78, 5) is 4.76. The summed E-state index contributed by atoms with van der Waals surface area (Å²) in [5, 5.41) is 4.82. The summed E-state index contributed by atoms with van der Waals surface area (Å²) in [5.74, 6) is -1.91. The number of pyridine rings is 1. The molecule has 2 rings (SSSR count). The van der Waals surface area contributed by atoms with E-state index in [9.17, 15) is 8.78 Å². The molecule has 3 nitrogen and oxygen atoms in total. The largest absolute Gasteiger partial charge is 0.381 e. The first kappa shape index (κ1) is 12.8. The first-order chi connectivity index (χ1) is 8.61. The van der Waals surface area contributed by atoms with Crippen LogP contribution < -0.4 is 11.1 Å². The van der Waals surface area contributed by atoms with Crippen LogP contribution in [0, 0.1) is 11.6 Å². The number of hydrogen-bond acceptors (Lipinski definition) is 4. The molecule has 0 saturated heterocycles. The third-order valence-electron chi connectivity index (χ3n) is 2.59. The van der Waals surface area contributed by atoms with Gasteiger partial charge in [0.05, 0.1) is 6.54 Å². The van der Waals surface area contributed by atoms with Crippen molar-refractivity contribution in [2.75, 3.05) is 11.1 Å². The summed E-state index contributed by atoms with van der Waals surface area (Å²) in [7, 11) is 0. The normalized spacial score (nSPS) is 10.6. The molecule has 0 aliphatic carbocycles. The number of nitrogens with two attached hydrogens (primary N) is 1. The van der Waals surface area contributed by atoms with E-state index in [4.69, 9.17) is 5.73 Å². The van der Waals surface area contributed by atoms with E-state index in [-0.39, 0.29) is 11.6 Å². The quantitative estimate of drug-likeness (QED) is 0.896. The highest BCUT2D eigenvalue weighted by Gasteiger charge is 2.10. The number of hydrogen-bond donors (Lipinski definition) is 2. The van der Waals surface area contributed by atoms with Gasteiger partial charge < -0.3 is 11.1 Å². The summed E-state index contributed by atoms with van der Waals surface area (Å²) in [6, 6.07) is 2.77. The summed E-state index contributed by atoms with van der Waals surface area (Å²) in [6.45, 7) is 2.51. The molecular formula is C12H13F2N3S. The van der Waals surface area contributed by atoms with Gasteiger partial charge in [0.2, 0.25) is 0 Å². The first-order valence-electron chi connectivity index (χ1n) is 5.52. The zero-order valence-electron chi connectivity index (χ0n) is 9.84. The first-order valence-corrected chi connectivity index (χ1v) is 6.40. The molecule has 0 bridgehead atoms. The van der Waals surface area contributed by atoms with Crippen molar-refractivity contribution in [2.45, 2.75) is 19.9 Å². The van der Waals surface area contributed by atoms with Gasteiger partial charge >= 0.3 is 0 Å². The number of anilines is 2. The van der Waals surface area contributed by atoms with Gasteiger partial charge in [0.25, 0.3) is 0 Å². The van der Waals surface area contributed by atoms with Crippen molar-refractivity contribution in [3.63, 3.8) is 0 Å². The molecule has 0 atom stereocenters. The lowest BCUT2D eigenvalue weighted by Gasteiger charge is -2.08. The van der Waals surface area contributed by atoms with Crippen LogP contribution >= 0.6 is 11.3 Å². The fraction of sp³-hybridized carbons (Fsp3) is 0.250. The maximum atomic E-state index is 13.4. The van der Waals surface area contributed by atoms with Crippen molar-refractivity contribution in [3.8, 4) is 0 Å². The number of nitrogens with one attached hydrogen (secondary N) is 1. The molecule has 0 unspecified atom stereocenters. The van der Waals surface area contributed by atoms with Gasteiger partial charge in [-0.2, -0.15) is 0 Å². The fourth-order valence-corrected chi connectivity index (χ4v) is 2.52. The molecule has 0 aliphatic rings. The third-order valence-corrected chi connectivity index (χ3v) is 3.55. The molecule has 18 heavy (non-hydrogen) atoms. The zero-order chi connectivity index (χ0) is 13.1. The van der Waals surface area contributed by atoms with Crippen LogP contribution in [0.3, 0.4) is 0 Å². The van der Waals surface area contributed by atoms with Crippen molar-refractivity contribution in [2.24, 2.45) is 0 Å². The average Bonchev–Trinajstić information content (AvgIpc) is 2.79. The van der Waals surface area contributed by atoms with E-state index in [1.165, 1.54) is 5.56 Å². The Kier molecular flexibility index (Phi) is 3.76. The molecule has 96 valence electrons. The van der Waals surface area contributed by atoms with Crippen molar-refractivity contribution >= 4 is 23.0 Å². The van der Waals surface area contributed by atoms with Crippen LogP contribution in [0.15, 0.2) is 17.5 Å². The monoisotopic (exact) mass is 269 g/mol. The maximum Gasteiger partial charge on any atom is 0.168 e. The summed E-state index contributed by atoms with van der Waals surface area (Å²) < 4.78 is 26.4. The van der Waals surface area contributed by atoms with Crippen LogP contribution in [0.2, 0.25) is 0 Å². The zero-order valence-corrected chi connectivity index (χ0v) is 10.7. The predicted molar refractivity (Wildman–Crippen MR) is 69.6 cm³/mol. The van der Waals surface area contributed by atoms with Crippen molar-refractivity contribution in [1.82, 2.24) is 4.98 Å². The second-order valence-electron chi connectivity index (χ2n) is 3.76. The second-order valence-corrected chi connectivity index (χ2v) is 4.76. The minimum absolute atomic E-state index is 0.0237. The maximum absolute atomic E-state index is 13.4. The molecule has 6 heteroatoms. The number of nitrogens with zero attached hydrogens (tertiary/aromatic N) is 1. The minimum Gasteiger partial charge on any atom is -0.381 e. The van der Waals surface area contributed by atoms with E-state index >= 15 is 0 Å². The molecule has 0 fully saturated rings. The molecule has 0 radical (unpaired) electrons. The van der Waals surface area contributed by atoms with Gasteiger partial charge in [-0.1, -0.05) is 6.92 Å². The predicted octanol–water partition coefficient (Wildman–Crippen LogP) is 3.18. The highest BCUT2D eigenvalue weighted by molar-refractivity contribution is 7.10. The van der Waals surface area contributed by atoms with E-state index in [1.54, 1.807) is 11.3 Å². The highest BCUT2D eigenvalue weighted by atomic mass is 32.1. The smallest absolute Gasteiger partial charge is 0.168 e. The number of thiophene rings is 1. The Hall–Kier alpha value is -1.69. The number of nitrogen functional groups attached to an aromatic ring is 1. The Morgan fingerprint density at radius 1 is 1.39 bits per heavy atom. The van der Waals surface area contributed by atoms with Gasteiger partial charge in [-0.3, -0.25) is 0 Å². The lowest BCUT2D eigenvalue weighted by Crippen LogP contribution is -2.07. The molecule has 3 N–H and O–H groups in total. The number of aryl methyl sites for hydroxylation is 1. The molecule has 0 aromatic carbocycles. The minimum atomic E-state index is -0.844. The molecule has 0 spiro atoms. The van der Waals surface area contributed by atoms with Crippen molar-refractivity contribution in [3.05, 3.63) is 39.6 Å². The van der Waals surface area contributed by atoms with Gasteiger partial charge in [0, 0.05) is 10.9 Å². The van der Waals surface area contributed by atoms with Crippen LogP contribution in [0.25, 0.3) is 0 Å². The van der Waals surface area contributed by atoms with Gasteiger partial charge in [-0.05, 0) is 23.4 Å². The molecule has 0 aliphatic heterocycles. The average molecular weight is 269 g/mol. The van der Waals surface area contributed by atoms with Crippen LogP contribution in [-0.4, -0.2) is 4.98 Å². The standard InChI is InChI=1S/C12H13F2N3S/c1-2-7-3-4-18-10(7)6-16-12-9(14)5-8(13)11(15)17-12/h3-5H,2,6H2,1H3,(H3,15,16,17). The van der Waals surface area contributed by atoms with Gasteiger partial charge in [0.1, 0.15) is 0 Å². The fourth-order valence-electron chi connectivity index (χ4n) is 1.61. The number of rotatable bonds is 4. The molecule has 0 amide bonds.